The number of nitrogens with zero attached hydrogens (tertiary/aromatic N) is 1. The highest BCUT2D eigenvalue weighted by Crippen LogP contribution is 2.13. The molecular weight excluding hydrogens is 294 g/mol. The molecule has 2 rings (SSSR count). The van der Waals surface area contributed by atoms with Gasteiger partial charge in [-0.2, -0.15) is 0 Å². The van der Waals surface area contributed by atoms with Crippen molar-refractivity contribution >= 4 is 17.8 Å². The lowest BCUT2D eigenvalue weighted by Crippen LogP contribution is -2.47. The predicted octanol–water partition coefficient (Wildman–Crippen LogP) is 2.99. The highest BCUT2D eigenvalue weighted by molar-refractivity contribution is 5.89. The molecule has 1 aliphatic heterocycles. The Morgan fingerprint density at radius 2 is 1.83 bits per heavy atom. The molecule has 2 N–H and O–H groups in total. The molecule has 3 amide bonds. The zero-order valence-corrected chi connectivity index (χ0v) is 13.8. The fourth-order valence-electron chi connectivity index (χ4n) is 2.60. The monoisotopic (exact) mass is 319 g/mol. The molecule has 0 radical (unpaired) electrons. The molecule has 23 heavy (non-hydrogen) atoms. The molecule has 0 saturated carbocycles. The first-order chi connectivity index (χ1) is 11.1. The van der Waals surface area contributed by atoms with Crippen molar-refractivity contribution in [1.82, 2.24) is 10.2 Å². The van der Waals surface area contributed by atoms with Gasteiger partial charge < -0.3 is 20.3 Å². The van der Waals surface area contributed by atoms with Gasteiger partial charge in [-0.1, -0.05) is 19.1 Å². The summed E-state index contributed by atoms with van der Waals surface area (Å²) in [6.45, 7) is 5.49. The van der Waals surface area contributed by atoms with Gasteiger partial charge in [0.25, 0.3) is 0 Å². The van der Waals surface area contributed by atoms with Crippen molar-refractivity contribution in [1.29, 1.82) is 0 Å². The van der Waals surface area contributed by atoms with Crippen LogP contribution in [-0.2, 0) is 11.2 Å². The number of hydrogen-bond donors (Lipinski definition) is 2. The molecule has 0 unspecified atom stereocenters. The van der Waals surface area contributed by atoms with Crippen LogP contribution in [0.3, 0.4) is 0 Å². The summed E-state index contributed by atoms with van der Waals surface area (Å²) in [6, 6.07) is 7.70. The van der Waals surface area contributed by atoms with E-state index in [-0.39, 0.29) is 18.2 Å². The first-order valence-corrected chi connectivity index (χ1v) is 8.20. The zero-order valence-electron chi connectivity index (χ0n) is 13.8. The minimum atomic E-state index is -0.272. The first kappa shape index (κ1) is 17.1. The SMILES string of the molecule is CCOC(=O)N1CCC(NC(=O)Nc2ccc(CC)cc2)CC1. The predicted molar refractivity (Wildman–Crippen MR) is 89.6 cm³/mol. The van der Waals surface area contributed by atoms with Crippen LogP contribution in [0.1, 0.15) is 32.3 Å². The number of hydrogen-bond acceptors (Lipinski definition) is 3. The van der Waals surface area contributed by atoms with E-state index in [0.717, 1.165) is 24.9 Å². The molecular formula is C17H25N3O3. The standard InChI is InChI=1S/C17H25N3O3/c1-3-13-5-7-14(8-6-13)18-16(21)19-15-9-11-20(12-10-15)17(22)23-4-2/h5-8,15H,3-4,9-12H2,1-2H3,(H2,18,19,21). The lowest BCUT2D eigenvalue weighted by molar-refractivity contribution is 0.0959. The number of likely N-dealkylation sites (tertiary alicyclic amines) is 1. The van der Waals surface area contributed by atoms with E-state index in [0.29, 0.717) is 19.7 Å². The normalized spacial score (nSPS) is 15.1. The molecule has 1 aromatic carbocycles. The average Bonchev–Trinajstić information content (AvgIpc) is 2.56. The zero-order chi connectivity index (χ0) is 16.7. The average molecular weight is 319 g/mol. The Bertz CT molecular complexity index is 522. The lowest BCUT2D eigenvalue weighted by Gasteiger charge is -2.31. The minimum absolute atomic E-state index is 0.0793. The summed E-state index contributed by atoms with van der Waals surface area (Å²) in [6.07, 6.45) is 2.18. The number of nitrogens with one attached hydrogen (secondary N) is 2. The number of urea groups is 1. The number of ether oxygens (including phenoxy) is 1. The number of rotatable bonds is 4. The van der Waals surface area contributed by atoms with E-state index in [4.69, 9.17) is 4.74 Å². The van der Waals surface area contributed by atoms with Crippen LogP contribution in [0.4, 0.5) is 15.3 Å². The van der Waals surface area contributed by atoms with E-state index in [9.17, 15) is 9.59 Å². The number of piperidine rings is 1. The Balaban J connectivity index is 1.75. The molecule has 0 bridgehead atoms. The van der Waals surface area contributed by atoms with E-state index in [1.54, 1.807) is 11.8 Å². The van der Waals surface area contributed by atoms with E-state index in [1.807, 2.05) is 24.3 Å². The molecule has 0 atom stereocenters. The van der Waals surface area contributed by atoms with Gasteiger partial charge in [-0.25, -0.2) is 9.59 Å². The molecule has 6 nitrogen and oxygen atoms in total. The third-order valence-corrected chi connectivity index (χ3v) is 3.98. The topological polar surface area (TPSA) is 70.7 Å². The minimum Gasteiger partial charge on any atom is -0.450 e. The van der Waals surface area contributed by atoms with Gasteiger partial charge in [-0.15, -0.1) is 0 Å². The molecule has 1 aromatic rings. The van der Waals surface area contributed by atoms with Gasteiger partial charge in [-0.05, 0) is 43.9 Å². The van der Waals surface area contributed by atoms with E-state index >= 15 is 0 Å². The fourth-order valence-corrected chi connectivity index (χ4v) is 2.60. The summed E-state index contributed by atoms with van der Waals surface area (Å²) in [5, 5.41) is 5.80. The van der Waals surface area contributed by atoms with Crippen molar-refractivity contribution in [3.8, 4) is 0 Å². The maximum absolute atomic E-state index is 12.0. The molecule has 1 heterocycles. The molecule has 0 aliphatic carbocycles. The molecule has 1 saturated heterocycles. The fraction of sp³-hybridized carbons (Fsp3) is 0.529. The van der Waals surface area contributed by atoms with Gasteiger partial charge in [-0.3, -0.25) is 0 Å². The van der Waals surface area contributed by atoms with Gasteiger partial charge in [0.2, 0.25) is 0 Å². The summed E-state index contributed by atoms with van der Waals surface area (Å²) in [7, 11) is 0. The second-order valence-electron chi connectivity index (χ2n) is 5.61. The van der Waals surface area contributed by atoms with Crippen LogP contribution in [0.25, 0.3) is 0 Å². The van der Waals surface area contributed by atoms with Crippen molar-refractivity contribution in [3.63, 3.8) is 0 Å². The number of anilines is 1. The highest BCUT2D eigenvalue weighted by atomic mass is 16.6. The van der Waals surface area contributed by atoms with Crippen LogP contribution >= 0.6 is 0 Å². The first-order valence-electron chi connectivity index (χ1n) is 8.20. The van der Waals surface area contributed by atoms with Crippen molar-refractivity contribution in [2.24, 2.45) is 0 Å². The van der Waals surface area contributed by atoms with E-state index < -0.39 is 0 Å². The van der Waals surface area contributed by atoms with Crippen molar-refractivity contribution in [2.45, 2.75) is 39.2 Å². The van der Waals surface area contributed by atoms with Crippen molar-refractivity contribution in [3.05, 3.63) is 29.8 Å². The van der Waals surface area contributed by atoms with Gasteiger partial charge in [0.15, 0.2) is 0 Å². The van der Waals surface area contributed by atoms with Gasteiger partial charge in [0.1, 0.15) is 0 Å². The molecule has 126 valence electrons. The lowest BCUT2D eigenvalue weighted by atomic mass is 10.1. The van der Waals surface area contributed by atoms with E-state index in [2.05, 4.69) is 17.6 Å². The molecule has 0 aromatic heterocycles. The van der Waals surface area contributed by atoms with Crippen molar-refractivity contribution < 1.29 is 14.3 Å². The summed E-state index contributed by atoms with van der Waals surface area (Å²) >= 11 is 0. The summed E-state index contributed by atoms with van der Waals surface area (Å²) < 4.78 is 4.98. The highest BCUT2D eigenvalue weighted by Gasteiger charge is 2.24. The van der Waals surface area contributed by atoms with Gasteiger partial charge in [0.05, 0.1) is 6.61 Å². The second-order valence-corrected chi connectivity index (χ2v) is 5.61. The number of aryl methyl sites for hydroxylation is 1. The largest absolute Gasteiger partial charge is 0.450 e. The molecule has 1 fully saturated rings. The Labute approximate surface area is 137 Å². The number of carbonyl (C=O) groups excluding carboxylic acids is 2. The Hall–Kier alpha value is -2.24. The smallest absolute Gasteiger partial charge is 0.409 e. The molecule has 0 spiro atoms. The van der Waals surface area contributed by atoms with Crippen LogP contribution in [0.2, 0.25) is 0 Å². The van der Waals surface area contributed by atoms with Gasteiger partial charge >= 0.3 is 12.1 Å². The third-order valence-electron chi connectivity index (χ3n) is 3.98. The number of amides is 3. The summed E-state index contributed by atoms with van der Waals surface area (Å²) in [4.78, 5) is 25.3. The Morgan fingerprint density at radius 1 is 1.17 bits per heavy atom. The van der Waals surface area contributed by atoms with Crippen molar-refractivity contribution in [2.75, 3.05) is 25.0 Å². The molecule has 1 aliphatic rings. The number of benzene rings is 1. The Kier molecular flexibility index (Phi) is 6.26. The van der Waals surface area contributed by atoms with E-state index in [1.165, 1.54) is 5.56 Å². The second kappa shape index (κ2) is 8.41. The summed E-state index contributed by atoms with van der Waals surface area (Å²) in [5.41, 5.74) is 2.02. The third kappa shape index (κ3) is 5.16. The van der Waals surface area contributed by atoms with Crippen LogP contribution < -0.4 is 10.6 Å². The quantitative estimate of drug-likeness (QED) is 0.896. The maximum Gasteiger partial charge on any atom is 0.409 e. The van der Waals surface area contributed by atoms with Gasteiger partial charge in [0, 0.05) is 24.8 Å². The van der Waals surface area contributed by atoms with Crippen LogP contribution in [0, 0.1) is 0 Å². The summed E-state index contributed by atoms with van der Waals surface area (Å²) in [5.74, 6) is 0. The number of carbonyl (C=O) groups is 2. The Morgan fingerprint density at radius 3 is 2.39 bits per heavy atom. The maximum atomic E-state index is 12.0. The van der Waals surface area contributed by atoms with Crippen LogP contribution in [0.15, 0.2) is 24.3 Å². The van der Waals surface area contributed by atoms with Crippen LogP contribution in [-0.4, -0.2) is 42.8 Å². The molecule has 6 heteroatoms. The van der Waals surface area contributed by atoms with Crippen LogP contribution in [0.5, 0.6) is 0 Å².